The molecule has 0 saturated heterocycles. The van der Waals surface area contributed by atoms with E-state index in [-0.39, 0.29) is 5.88 Å². The molecule has 0 aliphatic rings. The molecule has 0 amide bonds. The number of hydrogen-bond acceptors (Lipinski definition) is 3. The van der Waals surface area contributed by atoms with E-state index >= 15 is 0 Å². The number of fused-ring (bicyclic) bond motifs is 1. The summed E-state index contributed by atoms with van der Waals surface area (Å²) in [6.45, 7) is 1.81. The first-order chi connectivity index (χ1) is 5.27. The van der Waals surface area contributed by atoms with E-state index in [1.807, 2.05) is 6.92 Å². The highest BCUT2D eigenvalue weighted by Gasteiger charge is 2.00. The Labute approximate surface area is 63.1 Å². The van der Waals surface area contributed by atoms with Crippen LogP contribution in [-0.2, 0) is 0 Å². The van der Waals surface area contributed by atoms with Gasteiger partial charge in [-0.15, -0.1) is 0 Å². The fourth-order valence-corrected chi connectivity index (χ4v) is 1.00. The first-order valence-electron chi connectivity index (χ1n) is 3.27. The maximum Gasteiger partial charge on any atom is 0.236 e. The van der Waals surface area contributed by atoms with Crippen molar-refractivity contribution in [2.75, 3.05) is 0 Å². The Morgan fingerprint density at radius 2 is 2.36 bits per heavy atom. The minimum Gasteiger partial charge on any atom is -0.494 e. The molecule has 1 N–H and O–H groups in total. The number of aromatic hydroxyl groups is 1. The van der Waals surface area contributed by atoms with Crippen molar-refractivity contribution in [2.24, 2.45) is 0 Å². The summed E-state index contributed by atoms with van der Waals surface area (Å²) in [7, 11) is 0. The Morgan fingerprint density at radius 3 is 3.18 bits per heavy atom. The van der Waals surface area contributed by atoms with Crippen LogP contribution in [0.3, 0.4) is 0 Å². The second kappa shape index (κ2) is 1.95. The molecule has 2 aromatic rings. The Balaban J connectivity index is 2.91. The largest absolute Gasteiger partial charge is 0.494 e. The van der Waals surface area contributed by atoms with E-state index in [9.17, 15) is 5.11 Å². The maximum absolute atomic E-state index is 9.32. The maximum atomic E-state index is 9.32. The normalized spacial score (nSPS) is 10.6. The molecule has 0 aromatic carbocycles. The third-order valence-corrected chi connectivity index (χ3v) is 1.48. The van der Waals surface area contributed by atoms with Crippen molar-refractivity contribution < 1.29 is 5.11 Å². The molecule has 4 heteroatoms. The van der Waals surface area contributed by atoms with Crippen LogP contribution in [0.1, 0.15) is 5.69 Å². The van der Waals surface area contributed by atoms with E-state index in [0.29, 0.717) is 5.78 Å². The van der Waals surface area contributed by atoms with Gasteiger partial charge in [0.15, 0.2) is 5.88 Å². The van der Waals surface area contributed by atoms with Crippen LogP contribution in [0.2, 0.25) is 0 Å². The lowest BCUT2D eigenvalue weighted by Crippen LogP contribution is -1.90. The number of aromatic nitrogens is 3. The molecule has 2 heterocycles. The van der Waals surface area contributed by atoms with Crippen molar-refractivity contribution in [3.8, 4) is 5.88 Å². The van der Waals surface area contributed by atoms with Crippen molar-refractivity contribution in [3.63, 3.8) is 0 Å². The lowest BCUT2D eigenvalue weighted by molar-refractivity contribution is 0.444. The fraction of sp³-hybridized carbons (Fsp3) is 0.143. The van der Waals surface area contributed by atoms with Crippen molar-refractivity contribution in [2.45, 2.75) is 6.92 Å². The highest BCUT2D eigenvalue weighted by molar-refractivity contribution is 5.34. The minimum absolute atomic E-state index is 0.171. The molecule has 0 fully saturated rings. The summed E-state index contributed by atoms with van der Waals surface area (Å²) in [6, 6.07) is 1.59. The molecule has 11 heavy (non-hydrogen) atoms. The summed E-state index contributed by atoms with van der Waals surface area (Å²) < 4.78 is 1.52. The molecular weight excluding hydrogens is 142 g/mol. The average molecular weight is 149 g/mol. The van der Waals surface area contributed by atoms with Crippen molar-refractivity contribution >= 4 is 5.78 Å². The lowest BCUT2D eigenvalue weighted by atomic mass is 10.4. The highest BCUT2D eigenvalue weighted by Crippen LogP contribution is 2.11. The Bertz CT molecular complexity index is 393. The quantitative estimate of drug-likeness (QED) is 0.601. The molecule has 2 aromatic heterocycles. The minimum atomic E-state index is 0.171. The summed E-state index contributed by atoms with van der Waals surface area (Å²) in [5.74, 6) is 0.701. The van der Waals surface area contributed by atoms with Gasteiger partial charge in [0, 0.05) is 24.2 Å². The number of nitrogens with zero attached hydrogens (tertiary/aromatic N) is 3. The predicted octanol–water partition coefficient (Wildman–Crippen LogP) is 0.743. The van der Waals surface area contributed by atoms with E-state index in [2.05, 4.69) is 9.97 Å². The predicted molar refractivity (Wildman–Crippen MR) is 39.4 cm³/mol. The fourth-order valence-electron chi connectivity index (χ4n) is 1.00. The van der Waals surface area contributed by atoms with Gasteiger partial charge in [-0.2, -0.15) is 0 Å². The number of imidazole rings is 1. The van der Waals surface area contributed by atoms with Crippen LogP contribution in [0.15, 0.2) is 18.5 Å². The SMILES string of the molecule is Cc1cc(O)n2ccnc2n1. The van der Waals surface area contributed by atoms with Crippen LogP contribution in [0.5, 0.6) is 5.88 Å². The Morgan fingerprint density at radius 1 is 1.55 bits per heavy atom. The zero-order valence-corrected chi connectivity index (χ0v) is 6.02. The molecule has 0 atom stereocenters. The third-order valence-electron chi connectivity index (χ3n) is 1.48. The van der Waals surface area contributed by atoms with Gasteiger partial charge in [0.25, 0.3) is 0 Å². The van der Waals surface area contributed by atoms with Crippen LogP contribution in [0.25, 0.3) is 5.78 Å². The first kappa shape index (κ1) is 6.15. The molecule has 0 unspecified atom stereocenters. The van der Waals surface area contributed by atoms with Gasteiger partial charge in [0.2, 0.25) is 5.78 Å². The van der Waals surface area contributed by atoms with E-state index in [1.54, 1.807) is 18.5 Å². The second-order valence-electron chi connectivity index (χ2n) is 2.35. The number of rotatable bonds is 0. The Hall–Kier alpha value is -1.58. The molecule has 0 radical (unpaired) electrons. The summed E-state index contributed by atoms with van der Waals surface area (Å²) >= 11 is 0. The van der Waals surface area contributed by atoms with Gasteiger partial charge in [0.1, 0.15) is 0 Å². The standard InChI is InChI=1S/C7H7N3O/c1-5-4-6(11)10-3-2-8-7(10)9-5/h2-4,11H,1H3. The van der Waals surface area contributed by atoms with Gasteiger partial charge in [-0.05, 0) is 6.92 Å². The van der Waals surface area contributed by atoms with Crippen LogP contribution < -0.4 is 0 Å². The third kappa shape index (κ3) is 0.832. The summed E-state index contributed by atoms with van der Waals surface area (Å²) in [4.78, 5) is 8.02. The molecule has 4 nitrogen and oxygen atoms in total. The number of aryl methyl sites for hydroxylation is 1. The van der Waals surface area contributed by atoms with Crippen LogP contribution in [-0.4, -0.2) is 19.5 Å². The molecular formula is C7H7N3O. The van der Waals surface area contributed by atoms with E-state index < -0.39 is 0 Å². The van der Waals surface area contributed by atoms with Crippen LogP contribution >= 0.6 is 0 Å². The lowest BCUT2D eigenvalue weighted by Gasteiger charge is -1.97. The molecule has 56 valence electrons. The Kier molecular flexibility index (Phi) is 1.09. The average Bonchev–Trinajstić information content (AvgIpc) is 2.34. The molecule has 0 spiro atoms. The van der Waals surface area contributed by atoms with E-state index in [4.69, 9.17) is 0 Å². The summed E-state index contributed by atoms with van der Waals surface area (Å²) in [6.07, 6.45) is 3.26. The van der Waals surface area contributed by atoms with Gasteiger partial charge < -0.3 is 5.11 Å². The van der Waals surface area contributed by atoms with Gasteiger partial charge in [0.05, 0.1) is 0 Å². The highest BCUT2D eigenvalue weighted by atomic mass is 16.3. The van der Waals surface area contributed by atoms with Gasteiger partial charge in [-0.1, -0.05) is 0 Å². The summed E-state index contributed by atoms with van der Waals surface area (Å²) in [5, 5.41) is 9.32. The van der Waals surface area contributed by atoms with Gasteiger partial charge in [-0.3, -0.25) is 4.40 Å². The van der Waals surface area contributed by atoms with Crippen LogP contribution in [0, 0.1) is 6.92 Å². The van der Waals surface area contributed by atoms with Crippen molar-refractivity contribution in [1.29, 1.82) is 0 Å². The smallest absolute Gasteiger partial charge is 0.236 e. The molecule has 0 saturated carbocycles. The van der Waals surface area contributed by atoms with Crippen molar-refractivity contribution in [3.05, 3.63) is 24.2 Å². The zero-order chi connectivity index (χ0) is 7.84. The monoisotopic (exact) mass is 149 g/mol. The molecule has 0 bridgehead atoms. The zero-order valence-electron chi connectivity index (χ0n) is 6.02. The van der Waals surface area contributed by atoms with Gasteiger partial charge >= 0.3 is 0 Å². The molecule has 0 aliphatic carbocycles. The van der Waals surface area contributed by atoms with Crippen LogP contribution in [0.4, 0.5) is 0 Å². The molecule has 0 aliphatic heterocycles. The molecule has 2 rings (SSSR count). The second-order valence-corrected chi connectivity index (χ2v) is 2.35. The van der Waals surface area contributed by atoms with Gasteiger partial charge in [-0.25, -0.2) is 9.97 Å². The number of hydrogen-bond donors (Lipinski definition) is 1. The topological polar surface area (TPSA) is 50.4 Å². The summed E-state index contributed by atoms with van der Waals surface area (Å²) in [5.41, 5.74) is 0.765. The van der Waals surface area contributed by atoms with Crippen molar-refractivity contribution in [1.82, 2.24) is 14.4 Å². The van der Waals surface area contributed by atoms with E-state index in [1.165, 1.54) is 4.40 Å². The first-order valence-corrected chi connectivity index (χ1v) is 3.27. The van der Waals surface area contributed by atoms with E-state index in [0.717, 1.165) is 5.69 Å².